The molecule has 0 unspecified atom stereocenters. The first-order chi connectivity index (χ1) is 9.46. The molecule has 20 heavy (non-hydrogen) atoms. The first kappa shape index (κ1) is 16.9. The predicted octanol–water partition coefficient (Wildman–Crippen LogP) is 1.96. The zero-order chi connectivity index (χ0) is 15.0. The average molecular weight is 280 g/mol. The second kappa shape index (κ2) is 8.17. The van der Waals surface area contributed by atoms with Crippen LogP contribution in [0, 0.1) is 0 Å². The fraction of sp³-hybridized carbons (Fsp3) is 0.733. The molecule has 0 amide bonds. The summed E-state index contributed by atoms with van der Waals surface area (Å²) in [4.78, 5) is 10.9. The van der Waals surface area contributed by atoms with Gasteiger partial charge in [-0.15, -0.1) is 0 Å². The zero-order valence-electron chi connectivity index (χ0n) is 13.2. The molecule has 2 N–H and O–H groups in total. The molecule has 1 heterocycles. The van der Waals surface area contributed by atoms with Crippen molar-refractivity contribution < 1.29 is 5.11 Å². The minimum atomic E-state index is 0.0860. The lowest BCUT2D eigenvalue weighted by Crippen LogP contribution is -2.35. The van der Waals surface area contributed by atoms with Crippen LogP contribution in [0.4, 0.5) is 5.95 Å². The molecule has 0 radical (unpaired) electrons. The highest BCUT2D eigenvalue weighted by Crippen LogP contribution is 2.09. The molecule has 0 aliphatic rings. The second-order valence-electron chi connectivity index (χ2n) is 6.06. The molecule has 0 aliphatic carbocycles. The molecule has 0 fully saturated rings. The van der Waals surface area contributed by atoms with Crippen molar-refractivity contribution in [3.63, 3.8) is 0 Å². The van der Waals surface area contributed by atoms with Gasteiger partial charge in [0.15, 0.2) is 0 Å². The van der Waals surface area contributed by atoms with Crippen LogP contribution < -0.4 is 10.2 Å². The van der Waals surface area contributed by atoms with Crippen molar-refractivity contribution in [2.75, 3.05) is 24.6 Å². The SMILES string of the molecule is CCCCN(CCO)c1ncc(CNC(C)(C)C)cn1. The summed E-state index contributed by atoms with van der Waals surface area (Å²) < 4.78 is 0. The maximum atomic E-state index is 9.12. The molecule has 0 spiro atoms. The Morgan fingerprint density at radius 1 is 1.20 bits per heavy atom. The Balaban J connectivity index is 2.62. The number of anilines is 1. The number of aromatic nitrogens is 2. The van der Waals surface area contributed by atoms with Crippen LogP contribution in [-0.2, 0) is 6.54 Å². The Hall–Kier alpha value is -1.20. The average Bonchev–Trinajstić information content (AvgIpc) is 2.41. The lowest BCUT2D eigenvalue weighted by atomic mass is 10.1. The Bertz CT molecular complexity index is 372. The van der Waals surface area contributed by atoms with Gasteiger partial charge in [-0.2, -0.15) is 0 Å². The van der Waals surface area contributed by atoms with Crippen LogP contribution >= 0.6 is 0 Å². The van der Waals surface area contributed by atoms with Crippen molar-refractivity contribution in [2.45, 2.75) is 52.6 Å². The lowest BCUT2D eigenvalue weighted by molar-refractivity contribution is 0.301. The molecule has 0 aromatic carbocycles. The van der Waals surface area contributed by atoms with E-state index in [1.165, 1.54) is 0 Å². The first-order valence-corrected chi connectivity index (χ1v) is 7.38. The Morgan fingerprint density at radius 3 is 2.35 bits per heavy atom. The van der Waals surface area contributed by atoms with Crippen LogP contribution in [0.1, 0.15) is 46.1 Å². The fourth-order valence-corrected chi connectivity index (χ4v) is 1.75. The third-order valence-electron chi connectivity index (χ3n) is 2.95. The number of rotatable bonds is 8. The smallest absolute Gasteiger partial charge is 0.225 e. The van der Waals surface area contributed by atoms with E-state index in [0.717, 1.165) is 31.5 Å². The minimum Gasteiger partial charge on any atom is -0.395 e. The topological polar surface area (TPSA) is 61.3 Å². The van der Waals surface area contributed by atoms with E-state index in [1.807, 2.05) is 17.3 Å². The Morgan fingerprint density at radius 2 is 1.85 bits per heavy atom. The summed E-state index contributed by atoms with van der Waals surface area (Å²) in [6.07, 6.45) is 5.92. The third-order valence-corrected chi connectivity index (χ3v) is 2.95. The fourth-order valence-electron chi connectivity index (χ4n) is 1.75. The number of unbranched alkanes of at least 4 members (excludes halogenated alkanes) is 1. The van der Waals surface area contributed by atoms with Crippen molar-refractivity contribution in [1.29, 1.82) is 0 Å². The van der Waals surface area contributed by atoms with Gasteiger partial charge in [0.2, 0.25) is 5.95 Å². The van der Waals surface area contributed by atoms with Crippen molar-refractivity contribution in [1.82, 2.24) is 15.3 Å². The molecular formula is C15H28N4O. The summed E-state index contributed by atoms with van der Waals surface area (Å²) in [5, 5.41) is 12.5. The summed E-state index contributed by atoms with van der Waals surface area (Å²) in [5.41, 5.74) is 1.16. The predicted molar refractivity (Wildman–Crippen MR) is 82.8 cm³/mol. The van der Waals surface area contributed by atoms with Crippen molar-refractivity contribution in [3.05, 3.63) is 18.0 Å². The quantitative estimate of drug-likeness (QED) is 0.762. The van der Waals surface area contributed by atoms with Gasteiger partial charge in [-0.05, 0) is 27.2 Å². The van der Waals surface area contributed by atoms with Gasteiger partial charge in [0.1, 0.15) is 0 Å². The molecule has 1 aromatic heterocycles. The van der Waals surface area contributed by atoms with E-state index >= 15 is 0 Å². The maximum Gasteiger partial charge on any atom is 0.225 e. The monoisotopic (exact) mass is 280 g/mol. The highest BCUT2D eigenvalue weighted by atomic mass is 16.3. The molecular weight excluding hydrogens is 252 g/mol. The Labute approximate surface area is 122 Å². The van der Waals surface area contributed by atoms with E-state index in [4.69, 9.17) is 5.11 Å². The molecule has 1 rings (SSSR count). The molecule has 0 aliphatic heterocycles. The summed E-state index contributed by atoms with van der Waals surface area (Å²) in [5.74, 6) is 0.701. The van der Waals surface area contributed by atoms with Gasteiger partial charge in [-0.1, -0.05) is 13.3 Å². The van der Waals surface area contributed by atoms with Gasteiger partial charge in [0.05, 0.1) is 6.61 Å². The molecule has 114 valence electrons. The van der Waals surface area contributed by atoms with E-state index in [0.29, 0.717) is 12.5 Å². The lowest BCUT2D eigenvalue weighted by Gasteiger charge is -2.22. The molecule has 0 atom stereocenters. The molecule has 1 aromatic rings. The van der Waals surface area contributed by atoms with E-state index in [2.05, 4.69) is 43.0 Å². The number of aliphatic hydroxyl groups is 1. The Kier molecular flexibility index (Phi) is 6.88. The molecule has 0 saturated heterocycles. The van der Waals surface area contributed by atoms with E-state index in [9.17, 15) is 0 Å². The van der Waals surface area contributed by atoms with E-state index < -0.39 is 0 Å². The number of aliphatic hydroxyl groups excluding tert-OH is 1. The zero-order valence-corrected chi connectivity index (χ0v) is 13.2. The normalized spacial score (nSPS) is 11.7. The minimum absolute atomic E-state index is 0.0860. The van der Waals surface area contributed by atoms with Gasteiger partial charge < -0.3 is 15.3 Å². The molecule has 5 nitrogen and oxygen atoms in total. The number of nitrogens with zero attached hydrogens (tertiary/aromatic N) is 3. The van der Waals surface area contributed by atoms with Crippen LogP contribution in [0.25, 0.3) is 0 Å². The largest absolute Gasteiger partial charge is 0.395 e. The summed E-state index contributed by atoms with van der Waals surface area (Å²) in [7, 11) is 0. The van der Waals surface area contributed by atoms with E-state index in [1.54, 1.807) is 0 Å². The highest BCUT2D eigenvalue weighted by molar-refractivity contribution is 5.29. The third kappa shape index (κ3) is 6.30. The van der Waals surface area contributed by atoms with Gasteiger partial charge in [0.25, 0.3) is 0 Å². The van der Waals surface area contributed by atoms with Crippen LogP contribution in [0.3, 0.4) is 0 Å². The van der Waals surface area contributed by atoms with Crippen LogP contribution in [-0.4, -0.2) is 40.3 Å². The highest BCUT2D eigenvalue weighted by Gasteiger charge is 2.10. The van der Waals surface area contributed by atoms with Gasteiger partial charge in [-0.3, -0.25) is 0 Å². The number of hydrogen-bond acceptors (Lipinski definition) is 5. The summed E-state index contributed by atoms with van der Waals surface area (Å²) in [6.45, 7) is 10.9. The second-order valence-corrected chi connectivity index (χ2v) is 6.06. The van der Waals surface area contributed by atoms with Gasteiger partial charge in [0, 0.05) is 43.1 Å². The molecule has 0 saturated carbocycles. The van der Waals surface area contributed by atoms with Crippen LogP contribution in [0.2, 0.25) is 0 Å². The summed E-state index contributed by atoms with van der Waals surface area (Å²) >= 11 is 0. The van der Waals surface area contributed by atoms with E-state index in [-0.39, 0.29) is 12.1 Å². The standard InChI is InChI=1S/C15H28N4O/c1-5-6-7-19(8-9-20)14-16-10-13(11-17-14)12-18-15(2,3)4/h10-11,18,20H,5-9,12H2,1-4H3. The van der Waals surface area contributed by atoms with Gasteiger partial charge in [-0.25, -0.2) is 9.97 Å². The molecule has 0 bridgehead atoms. The van der Waals surface area contributed by atoms with Gasteiger partial charge >= 0.3 is 0 Å². The van der Waals surface area contributed by atoms with Crippen molar-refractivity contribution in [3.8, 4) is 0 Å². The number of hydrogen-bond donors (Lipinski definition) is 2. The summed E-state index contributed by atoms with van der Waals surface area (Å²) in [6, 6.07) is 0. The van der Waals surface area contributed by atoms with Crippen LogP contribution in [0.15, 0.2) is 12.4 Å². The van der Waals surface area contributed by atoms with Crippen molar-refractivity contribution in [2.24, 2.45) is 0 Å². The van der Waals surface area contributed by atoms with Crippen molar-refractivity contribution >= 4 is 5.95 Å². The molecule has 5 heteroatoms. The first-order valence-electron chi connectivity index (χ1n) is 7.38. The van der Waals surface area contributed by atoms with Crippen LogP contribution in [0.5, 0.6) is 0 Å². The maximum absolute atomic E-state index is 9.12. The number of nitrogens with one attached hydrogen (secondary N) is 1.